The van der Waals surface area contributed by atoms with E-state index in [4.69, 9.17) is 9.47 Å². The third-order valence-electron chi connectivity index (χ3n) is 6.97. The molecule has 2 N–H and O–H groups in total. The summed E-state index contributed by atoms with van der Waals surface area (Å²) in [7, 11) is 0. The fourth-order valence-electron chi connectivity index (χ4n) is 4.72. The van der Waals surface area contributed by atoms with Crippen LogP contribution in [0, 0.1) is 11.8 Å². The maximum atomic E-state index is 13.3. The Morgan fingerprint density at radius 2 is 1.49 bits per heavy atom. The number of nitrogens with zero attached hydrogens (tertiary/aromatic N) is 1. The molecular formula is C30H38N2O7. The van der Waals surface area contributed by atoms with Crippen LogP contribution in [0.1, 0.15) is 57.1 Å². The predicted molar refractivity (Wildman–Crippen MR) is 144 cm³/mol. The Hall–Kier alpha value is -3.72. The largest absolute Gasteiger partial charge is 0.461 e. The molecule has 1 aliphatic rings. The average Bonchev–Trinajstić information content (AvgIpc) is 3.18. The van der Waals surface area contributed by atoms with Gasteiger partial charge in [0, 0.05) is 13.5 Å². The minimum Gasteiger partial charge on any atom is -0.461 e. The van der Waals surface area contributed by atoms with E-state index in [1.807, 2.05) is 48.5 Å². The number of esters is 1. The van der Waals surface area contributed by atoms with Gasteiger partial charge >= 0.3 is 12.1 Å². The highest BCUT2D eigenvalue weighted by atomic mass is 16.5. The lowest BCUT2D eigenvalue weighted by molar-refractivity contribution is -0.151. The third kappa shape index (κ3) is 9.51. The number of ether oxygens (including phenoxy) is 2. The third-order valence-corrected chi connectivity index (χ3v) is 6.97. The minimum atomic E-state index is -1.34. The highest BCUT2D eigenvalue weighted by Gasteiger charge is 2.34. The molecule has 3 amide bonds. The Morgan fingerprint density at radius 3 is 2.05 bits per heavy atom. The van der Waals surface area contributed by atoms with E-state index in [2.05, 4.69) is 5.32 Å². The number of nitrogens with one attached hydrogen (secondary N) is 1. The molecule has 9 nitrogen and oxygen atoms in total. The number of carbonyl (C=O) groups is 4. The zero-order chi connectivity index (χ0) is 28.2. The lowest BCUT2D eigenvalue weighted by Crippen LogP contribution is -2.55. The van der Waals surface area contributed by atoms with Crippen LogP contribution in [0.25, 0.3) is 0 Å². The number of alkyl carbamates (subject to hydrolysis) is 1. The van der Waals surface area contributed by atoms with Crippen LogP contribution < -0.4 is 5.32 Å². The lowest BCUT2D eigenvalue weighted by Gasteiger charge is -2.29. The second kappa shape index (κ2) is 15.0. The van der Waals surface area contributed by atoms with Gasteiger partial charge in [-0.25, -0.2) is 4.79 Å². The Balaban J connectivity index is 1.54. The van der Waals surface area contributed by atoms with Crippen molar-refractivity contribution in [2.75, 3.05) is 6.54 Å². The van der Waals surface area contributed by atoms with Crippen molar-refractivity contribution in [3.05, 3.63) is 71.8 Å². The molecule has 0 aliphatic heterocycles. The number of aliphatic hydroxyl groups excluding tert-OH is 1. The predicted octanol–water partition coefficient (Wildman–Crippen LogP) is 3.98. The van der Waals surface area contributed by atoms with Crippen molar-refractivity contribution >= 4 is 23.9 Å². The zero-order valence-corrected chi connectivity index (χ0v) is 22.6. The number of aliphatic hydroxyl groups is 1. The second-order valence-corrected chi connectivity index (χ2v) is 10.1. The van der Waals surface area contributed by atoms with Gasteiger partial charge in [-0.3, -0.25) is 19.3 Å². The fraction of sp³-hybridized carbons (Fsp3) is 0.467. The van der Waals surface area contributed by atoms with Gasteiger partial charge in [-0.05, 0) is 49.7 Å². The van der Waals surface area contributed by atoms with E-state index in [0.717, 1.165) is 28.9 Å². The molecule has 210 valence electrons. The van der Waals surface area contributed by atoms with Crippen molar-refractivity contribution < 1.29 is 33.8 Å². The summed E-state index contributed by atoms with van der Waals surface area (Å²) in [5, 5.41) is 12.7. The minimum absolute atomic E-state index is 0.000833. The van der Waals surface area contributed by atoms with Crippen molar-refractivity contribution in [1.82, 2.24) is 10.2 Å². The molecule has 4 atom stereocenters. The summed E-state index contributed by atoms with van der Waals surface area (Å²) in [6.45, 7) is 3.03. The van der Waals surface area contributed by atoms with Crippen molar-refractivity contribution in [3.8, 4) is 0 Å². The van der Waals surface area contributed by atoms with Gasteiger partial charge in [0.1, 0.15) is 19.3 Å². The van der Waals surface area contributed by atoms with E-state index >= 15 is 0 Å². The van der Waals surface area contributed by atoms with Crippen LogP contribution in [-0.4, -0.2) is 52.6 Å². The van der Waals surface area contributed by atoms with Crippen LogP contribution in [0.3, 0.4) is 0 Å². The van der Waals surface area contributed by atoms with Gasteiger partial charge in [-0.15, -0.1) is 0 Å². The summed E-state index contributed by atoms with van der Waals surface area (Å²) in [6, 6.07) is 17.2. The molecule has 2 aromatic rings. The summed E-state index contributed by atoms with van der Waals surface area (Å²) < 4.78 is 10.7. The smallest absolute Gasteiger partial charge is 0.408 e. The van der Waals surface area contributed by atoms with E-state index < -0.39 is 30.1 Å². The molecular weight excluding hydrogens is 500 g/mol. The van der Waals surface area contributed by atoms with E-state index in [1.165, 1.54) is 13.8 Å². The van der Waals surface area contributed by atoms with Crippen LogP contribution in [0.4, 0.5) is 4.79 Å². The highest BCUT2D eigenvalue weighted by Crippen LogP contribution is 2.29. The van der Waals surface area contributed by atoms with Gasteiger partial charge in [0.25, 0.3) is 5.91 Å². The molecule has 2 aromatic carbocycles. The van der Waals surface area contributed by atoms with Gasteiger partial charge in [-0.2, -0.15) is 0 Å². The van der Waals surface area contributed by atoms with Crippen molar-refractivity contribution in [2.45, 2.75) is 71.3 Å². The van der Waals surface area contributed by atoms with Crippen molar-refractivity contribution in [1.29, 1.82) is 0 Å². The molecule has 0 spiro atoms. The Labute approximate surface area is 229 Å². The Bertz CT molecular complexity index is 1090. The molecule has 0 aromatic heterocycles. The Kier molecular flexibility index (Phi) is 11.5. The summed E-state index contributed by atoms with van der Waals surface area (Å²) in [4.78, 5) is 51.9. The number of benzene rings is 2. The first-order chi connectivity index (χ1) is 18.7. The van der Waals surface area contributed by atoms with E-state index in [-0.39, 0.29) is 37.6 Å². The molecule has 0 saturated heterocycles. The highest BCUT2D eigenvalue weighted by molar-refractivity contribution is 5.98. The fourth-order valence-corrected chi connectivity index (χ4v) is 4.72. The number of carbonyl (C=O) groups excluding carboxylic acids is 4. The summed E-state index contributed by atoms with van der Waals surface area (Å²) in [5.74, 6) is -1.65. The van der Waals surface area contributed by atoms with Gasteiger partial charge in [-0.1, -0.05) is 67.1 Å². The van der Waals surface area contributed by atoms with Gasteiger partial charge < -0.3 is 19.9 Å². The van der Waals surface area contributed by atoms with Crippen LogP contribution in [0.15, 0.2) is 60.7 Å². The molecule has 1 saturated carbocycles. The first kappa shape index (κ1) is 29.8. The molecule has 39 heavy (non-hydrogen) atoms. The molecule has 0 heterocycles. The van der Waals surface area contributed by atoms with Gasteiger partial charge in [0.05, 0.1) is 12.0 Å². The molecule has 0 radical (unpaired) electrons. The quantitative estimate of drug-likeness (QED) is 0.347. The van der Waals surface area contributed by atoms with E-state index in [0.29, 0.717) is 19.3 Å². The first-order valence-corrected chi connectivity index (χ1v) is 13.4. The maximum Gasteiger partial charge on any atom is 0.408 e. The van der Waals surface area contributed by atoms with Crippen LogP contribution in [-0.2, 0) is 37.1 Å². The number of imide groups is 1. The molecule has 4 unspecified atom stereocenters. The van der Waals surface area contributed by atoms with E-state index in [1.54, 1.807) is 12.1 Å². The Morgan fingerprint density at radius 1 is 0.897 bits per heavy atom. The molecule has 1 aliphatic carbocycles. The number of hydrogen-bond acceptors (Lipinski definition) is 7. The van der Waals surface area contributed by atoms with E-state index in [9.17, 15) is 24.3 Å². The SMILES string of the molecule is CC(=O)N(CC1CCCC(C(=O)OCc2ccccc2)CC1)C(=O)C(NC(=O)OCc1ccccc1)C(C)O. The lowest BCUT2D eigenvalue weighted by atomic mass is 9.97. The topological polar surface area (TPSA) is 122 Å². The average molecular weight is 539 g/mol. The number of amides is 3. The monoisotopic (exact) mass is 538 g/mol. The summed E-state index contributed by atoms with van der Waals surface area (Å²) in [6.07, 6.45) is 1.32. The van der Waals surface area contributed by atoms with Gasteiger partial charge in [0.15, 0.2) is 0 Å². The molecule has 3 rings (SSSR count). The first-order valence-electron chi connectivity index (χ1n) is 13.4. The van der Waals surface area contributed by atoms with Crippen molar-refractivity contribution in [3.63, 3.8) is 0 Å². The number of hydrogen-bond donors (Lipinski definition) is 2. The maximum absolute atomic E-state index is 13.3. The van der Waals surface area contributed by atoms with Crippen LogP contribution >= 0.6 is 0 Å². The van der Waals surface area contributed by atoms with Gasteiger partial charge in [0.2, 0.25) is 5.91 Å². The second-order valence-electron chi connectivity index (χ2n) is 10.1. The number of rotatable bonds is 10. The van der Waals surface area contributed by atoms with Crippen LogP contribution in [0.5, 0.6) is 0 Å². The summed E-state index contributed by atoms with van der Waals surface area (Å²) >= 11 is 0. The summed E-state index contributed by atoms with van der Waals surface area (Å²) in [5.41, 5.74) is 1.70. The van der Waals surface area contributed by atoms with Crippen molar-refractivity contribution in [2.24, 2.45) is 11.8 Å². The standard InChI is InChI=1S/C30H38N2O7/c1-21(33)27(31-30(37)39-20-25-12-7-4-8-13-25)28(35)32(22(2)34)18-23-14-9-15-26(17-16-23)29(36)38-19-24-10-5-3-6-11-24/h3-8,10-13,21,23,26-27,33H,9,14-20H2,1-2H3,(H,31,37). The molecule has 1 fully saturated rings. The zero-order valence-electron chi connectivity index (χ0n) is 22.6. The molecule has 9 heteroatoms. The normalized spacial score (nSPS) is 18.6. The van der Waals surface area contributed by atoms with Crippen LogP contribution in [0.2, 0.25) is 0 Å². The molecule has 0 bridgehead atoms.